The second-order valence-electron chi connectivity index (χ2n) is 4.72. The number of carbonyl (C=O) groups is 1. The Morgan fingerprint density at radius 2 is 1.55 bits per heavy atom. The fraction of sp³-hybridized carbons (Fsp3) is 0.222. The minimum absolute atomic E-state index is 0.00223. The molecule has 116 valence electrons. The van der Waals surface area contributed by atoms with Crippen LogP contribution in [0.5, 0.6) is 0 Å². The van der Waals surface area contributed by atoms with E-state index in [1.165, 1.54) is 12.5 Å². The minimum atomic E-state index is -0.139. The van der Waals surface area contributed by atoms with E-state index < -0.39 is 0 Å². The van der Waals surface area contributed by atoms with E-state index >= 15 is 0 Å². The number of benzene rings is 2. The van der Waals surface area contributed by atoms with Crippen molar-refractivity contribution in [2.75, 3.05) is 0 Å². The second-order valence-corrected chi connectivity index (χ2v) is 5.81. The lowest BCUT2D eigenvalue weighted by atomic mass is 10.1. The summed E-state index contributed by atoms with van der Waals surface area (Å²) in [6, 6.07) is 20.3. The van der Waals surface area contributed by atoms with Gasteiger partial charge >= 0.3 is 0 Å². The molecule has 0 aromatic heterocycles. The monoisotopic (exact) mass is 332 g/mol. The average molecular weight is 332 g/mol. The highest BCUT2D eigenvalue weighted by molar-refractivity contribution is 7.96. The summed E-state index contributed by atoms with van der Waals surface area (Å²) in [6.07, 6.45) is 0.690. The Balaban J connectivity index is 0.000000541. The molecule has 0 aliphatic carbocycles. The maximum atomic E-state index is 9.31. The van der Waals surface area contributed by atoms with Crippen LogP contribution < -0.4 is 0 Å². The van der Waals surface area contributed by atoms with Crippen molar-refractivity contribution >= 4 is 35.0 Å². The van der Waals surface area contributed by atoms with Crippen molar-refractivity contribution in [3.05, 3.63) is 71.8 Å². The topological polar surface area (TPSA) is 26.3 Å². The van der Waals surface area contributed by atoms with Crippen LogP contribution in [-0.4, -0.2) is 10.2 Å². The molecule has 1 atom stereocenters. The van der Waals surface area contributed by atoms with E-state index in [0.717, 1.165) is 5.56 Å². The van der Waals surface area contributed by atoms with Gasteiger partial charge in [-0.1, -0.05) is 60.7 Å². The zero-order valence-electron chi connectivity index (χ0n) is 12.7. The highest BCUT2D eigenvalue weighted by atomic mass is 32.1. The van der Waals surface area contributed by atoms with Crippen LogP contribution in [0.2, 0.25) is 0 Å². The molecule has 0 fully saturated rings. The van der Waals surface area contributed by atoms with E-state index in [1.807, 2.05) is 43.3 Å². The Bertz CT molecular complexity index is 579. The molecule has 2 rings (SSSR count). The highest BCUT2D eigenvalue weighted by Gasteiger charge is 2.08. The number of carbonyl (C=O) groups excluding carboxylic acids is 1. The predicted octanol–water partition coefficient (Wildman–Crippen LogP) is 4.80. The van der Waals surface area contributed by atoms with Gasteiger partial charge in [-0.25, -0.2) is 0 Å². The van der Waals surface area contributed by atoms with Gasteiger partial charge in [0.15, 0.2) is 10.2 Å². The van der Waals surface area contributed by atoms with E-state index in [4.69, 9.17) is 17.0 Å². The van der Waals surface area contributed by atoms with Crippen LogP contribution in [0.15, 0.2) is 60.7 Å². The largest absolute Gasteiger partial charge is 0.479 e. The van der Waals surface area contributed by atoms with Gasteiger partial charge in [-0.15, -0.1) is 12.6 Å². The number of thiol groups is 1. The van der Waals surface area contributed by atoms with E-state index in [0.29, 0.717) is 11.5 Å². The molecule has 0 aliphatic heterocycles. The first-order valence-corrected chi connectivity index (χ1v) is 7.82. The third kappa shape index (κ3) is 7.96. The fourth-order valence-corrected chi connectivity index (χ4v) is 2.10. The first kappa shape index (κ1) is 18.4. The van der Waals surface area contributed by atoms with E-state index in [2.05, 4.69) is 36.9 Å². The van der Waals surface area contributed by atoms with Crippen LogP contribution in [0.1, 0.15) is 31.1 Å². The van der Waals surface area contributed by atoms with Crippen molar-refractivity contribution in [2.24, 2.45) is 0 Å². The van der Waals surface area contributed by atoms with Gasteiger partial charge in [-0.3, -0.25) is 4.79 Å². The fourth-order valence-electron chi connectivity index (χ4n) is 1.79. The first-order chi connectivity index (χ1) is 10.5. The van der Waals surface area contributed by atoms with Crippen LogP contribution in [0.4, 0.5) is 0 Å². The Morgan fingerprint density at radius 3 is 2.05 bits per heavy atom. The summed E-state index contributed by atoms with van der Waals surface area (Å²) in [6.45, 7) is 3.41. The maximum absolute atomic E-state index is 9.31. The molecule has 0 bridgehead atoms. The van der Waals surface area contributed by atoms with Crippen molar-refractivity contribution < 1.29 is 9.53 Å². The molecule has 0 amide bonds. The number of rotatable bonds is 4. The van der Waals surface area contributed by atoms with E-state index in [9.17, 15) is 4.79 Å². The average Bonchev–Trinajstić information content (AvgIpc) is 2.48. The number of hydrogen-bond acceptors (Lipinski definition) is 3. The van der Waals surface area contributed by atoms with Crippen LogP contribution in [-0.2, 0) is 16.0 Å². The molecule has 0 saturated heterocycles. The molecule has 1 unspecified atom stereocenters. The van der Waals surface area contributed by atoms with Crippen LogP contribution in [0.3, 0.4) is 0 Å². The number of ether oxygens (including phenoxy) is 1. The predicted molar refractivity (Wildman–Crippen MR) is 98.4 cm³/mol. The molecule has 0 aliphatic rings. The van der Waals surface area contributed by atoms with Crippen LogP contribution in [0.25, 0.3) is 0 Å². The lowest BCUT2D eigenvalue weighted by Gasteiger charge is -2.15. The lowest BCUT2D eigenvalue weighted by Crippen LogP contribution is -2.09. The number of thiocarbonyl (C=S) groups is 1. The molecule has 2 nitrogen and oxygen atoms in total. The molecule has 2 aromatic rings. The summed E-state index contributed by atoms with van der Waals surface area (Å²) >= 11 is 8.62. The lowest BCUT2D eigenvalue weighted by molar-refractivity contribution is -0.108. The third-order valence-electron chi connectivity index (χ3n) is 2.77. The molecular weight excluding hydrogens is 312 g/mol. The van der Waals surface area contributed by atoms with Crippen molar-refractivity contribution in [3.63, 3.8) is 0 Å². The minimum Gasteiger partial charge on any atom is -0.479 e. The molecule has 0 N–H and O–H groups in total. The standard InChI is InChI=1S/C16H16OS.C2H4OS/c1-13(15-10-6-3-7-11-15)17-16(18)12-14-8-4-2-5-9-14;1-2(3)4/h2-11,13H,12H2,1H3;1H3,(H,3,4). The number of hydrogen-bond donors (Lipinski definition) is 1. The summed E-state index contributed by atoms with van der Waals surface area (Å²) in [5.74, 6) is 0. The van der Waals surface area contributed by atoms with Gasteiger partial charge in [0.2, 0.25) is 0 Å². The zero-order valence-corrected chi connectivity index (χ0v) is 14.4. The van der Waals surface area contributed by atoms with Gasteiger partial charge in [-0.2, -0.15) is 0 Å². The van der Waals surface area contributed by atoms with Crippen molar-refractivity contribution in [2.45, 2.75) is 26.4 Å². The van der Waals surface area contributed by atoms with Gasteiger partial charge in [0.05, 0.1) is 0 Å². The maximum Gasteiger partial charge on any atom is 0.182 e. The molecule has 0 heterocycles. The van der Waals surface area contributed by atoms with Crippen molar-refractivity contribution in [1.29, 1.82) is 0 Å². The van der Waals surface area contributed by atoms with Gasteiger partial charge < -0.3 is 4.74 Å². The molecule has 4 heteroatoms. The highest BCUT2D eigenvalue weighted by Crippen LogP contribution is 2.17. The van der Waals surface area contributed by atoms with Gasteiger partial charge in [0, 0.05) is 13.3 Å². The SMILES string of the molecule is CC(=O)S.CC(OC(=S)Cc1ccccc1)c1ccccc1. The smallest absolute Gasteiger partial charge is 0.182 e. The Hall–Kier alpha value is -1.65. The Labute approximate surface area is 142 Å². The molecule has 0 saturated carbocycles. The van der Waals surface area contributed by atoms with Crippen molar-refractivity contribution in [1.82, 2.24) is 0 Å². The van der Waals surface area contributed by atoms with E-state index in [-0.39, 0.29) is 11.2 Å². The van der Waals surface area contributed by atoms with Crippen LogP contribution >= 0.6 is 24.8 Å². The summed E-state index contributed by atoms with van der Waals surface area (Å²) in [5.41, 5.74) is 2.33. The normalized spacial score (nSPS) is 10.9. The van der Waals surface area contributed by atoms with Crippen molar-refractivity contribution in [3.8, 4) is 0 Å². The Morgan fingerprint density at radius 1 is 1.09 bits per heavy atom. The van der Waals surface area contributed by atoms with Gasteiger partial charge in [-0.05, 0) is 30.3 Å². The molecule has 2 aromatic carbocycles. The Kier molecular flexibility index (Phi) is 8.48. The quantitative estimate of drug-likeness (QED) is 0.643. The third-order valence-corrected chi connectivity index (χ3v) is 3.01. The summed E-state index contributed by atoms with van der Waals surface area (Å²) in [4.78, 5) is 9.31. The van der Waals surface area contributed by atoms with Gasteiger partial charge in [0.1, 0.15) is 6.10 Å². The molecule has 0 radical (unpaired) electrons. The summed E-state index contributed by atoms with van der Waals surface area (Å²) < 4.78 is 5.77. The molecular formula is C18H20O2S2. The first-order valence-electron chi connectivity index (χ1n) is 6.97. The zero-order chi connectivity index (χ0) is 16.4. The second kappa shape index (κ2) is 10.1. The molecule has 0 spiro atoms. The molecule has 22 heavy (non-hydrogen) atoms. The van der Waals surface area contributed by atoms with Crippen LogP contribution in [0, 0.1) is 0 Å². The summed E-state index contributed by atoms with van der Waals surface area (Å²) in [7, 11) is 0. The van der Waals surface area contributed by atoms with Gasteiger partial charge in [0.25, 0.3) is 0 Å². The summed E-state index contributed by atoms with van der Waals surface area (Å²) in [5, 5.41) is 0.498. The van der Waals surface area contributed by atoms with E-state index in [1.54, 1.807) is 0 Å².